The molecule has 8 nitrogen and oxygen atoms in total. The largest absolute Gasteiger partial charge is 0.493 e. The van der Waals surface area contributed by atoms with Crippen LogP contribution in [0.15, 0.2) is 18.2 Å². The summed E-state index contributed by atoms with van der Waals surface area (Å²) in [5, 5.41) is 14.6. The average Bonchev–Trinajstić information content (AvgIpc) is 3.03. The van der Waals surface area contributed by atoms with Gasteiger partial charge in [-0.25, -0.2) is 4.98 Å². The summed E-state index contributed by atoms with van der Waals surface area (Å²) in [5.74, 6) is 9.78. The molecule has 0 spiro atoms. The Morgan fingerprint density at radius 3 is 2.68 bits per heavy atom. The molecule has 1 aromatic heterocycles. The fraction of sp³-hybridized carbons (Fsp3) is 0.300. The summed E-state index contributed by atoms with van der Waals surface area (Å²) < 4.78 is 12.1. The third-order valence-corrected chi connectivity index (χ3v) is 3.77. The van der Waals surface area contributed by atoms with Crippen molar-refractivity contribution in [1.29, 1.82) is 0 Å². The molecule has 146 valence electrons. The summed E-state index contributed by atoms with van der Waals surface area (Å²) in [6.45, 7) is 0.236. The van der Waals surface area contributed by atoms with Crippen molar-refractivity contribution in [3.05, 3.63) is 35.3 Å². The Labute approximate surface area is 163 Å². The molecule has 0 aliphatic rings. The number of aliphatic hydroxyl groups excluding tert-OH is 1. The molecule has 0 bridgehead atoms. The number of hydrogen-bond donors (Lipinski definition) is 3. The molecule has 8 heteroatoms. The molecule has 2 rings (SSSR count). The Morgan fingerprint density at radius 1 is 1.29 bits per heavy atom. The maximum absolute atomic E-state index is 12.4. The average molecular weight is 382 g/mol. The van der Waals surface area contributed by atoms with Crippen molar-refractivity contribution in [3.63, 3.8) is 0 Å². The molecule has 0 unspecified atom stereocenters. The van der Waals surface area contributed by atoms with Gasteiger partial charge in [0, 0.05) is 19.2 Å². The Balaban J connectivity index is 2.39. The van der Waals surface area contributed by atoms with Crippen molar-refractivity contribution in [2.45, 2.75) is 0 Å². The number of terminal acetylenes is 1. The number of anilines is 1. The van der Waals surface area contributed by atoms with Crippen LogP contribution in [0.25, 0.3) is 0 Å². The Kier molecular flexibility index (Phi) is 7.32. The number of aliphatic hydroxyl groups is 1. The van der Waals surface area contributed by atoms with E-state index in [2.05, 4.69) is 33.4 Å². The summed E-state index contributed by atoms with van der Waals surface area (Å²) in [5.41, 5.74) is 0.976. The van der Waals surface area contributed by atoms with E-state index in [1.165, 1.54) is 0 Å². The maximum Gasteiger partial charge on any atom is 0.272 e. The van der Waals surface area contributed by atoms with Gasteiger partial charge in [0.05, 0.1) is 27.4 Å². The molecule has 2 aromatic rings. The van der Waals surface area contributed by atoms with E-state index >= 15 is 0 Å². The van der Waals surface area contributed by atoms with E-state index < -0.39 is 0 Å². The number of carbonyl (C=O) groups excluding carboxylic acids is 1. The van der Waals surface area contributed by atoms with Crippen molar-refractivity contribution in [3.8, 4) is 35.7 Å². The third-order valence-electron chi connectivity index (χ3n) is 3.77. The van der Waals surface area contributed by atoms with Crippen LogP contribution in [0.3, 0.4) is 0 Å². The maximum atomic E-state index is 12.4. The minimum Gasteiger partial charge on any atom is -0.493 e. The molecule has 3 N–H and O–H groups in total. The summed E-state index contributed by atoms with van der Waals surface area (Å²) in [6.07, 6.45) is 5.20. The van der Waals surface area contributed by atoms with Crippen LogP contribution in [-0.2, 0) is 7.05 Å². The molecule has 1 heterocycles. The standard InChI is InChI=1S/C20H22N4O4/c1-5-10-22-20(26)18-19(21-11-12-25)23-17(24(18)2)9-7-14-6-8-15(27-3)16(13-14)28-4/h1,6,8,13,21,25H,10-12H2,2-4H3,(H,22,26). The quantitative estimate of drug-likeness (QED) is 0.607. The number of ether oxygens (including phenoxy) is 2. The van der Waals surface area contributed by atoms with Gasteiger partial charge in [0.1, 0.15) is 0 Å². The smallest absolute Gasteiger partial charge is 0.272 e. The van der Waals surface area contributed by atoms with Gasteiger partial charge >= 0.3 is 0 Å². The lowest BCUT2D eigenvalue weighted by Gasteiger charge is -2.07. The summed E-state index contributed by atoms with van der Waals surface area (Å²) >= 11 is 0. The zero-order chi connectivity index (χ0) is 20.5. The fourth-order valence-electron chi connectivity index (χ4n) is 2.42. The number of rotatable bonds is 7. The van der Waals surface area contributed by atoms with E-state index in [0.29, 0.717) is 28.7 Å². The highest BCUT2D eigenvalue weighted by atomic mass is 16.5. The van der Waals surface area contributed by atoms with Crippen molar-refractivity contribution in [2.75, 3.05) is 39.2 Å². The van der Waals surface area contributed by atoms with Crippen LogP contribution < -0.4 is 20.1 Å². The van der Waals surface area contributed by atoms with Gasteiger partial charge in [-0.3, -0.25) is 4.79 Å². The lowest BCUT2D eigenvalue weighted by Crippen LogP contribution is -2.27. The monoisotopic (exact) mass is 382 g/mol. The molecule has 28 heavy (non-hydrogen) atoms. The summed E-state index contributed by atoms with van der Waals surface area (Å²) in [4.78, 5) is 16.8. The first-order valence-corrected chi connectivity index (χ1v) is 8.42. The molecular formula is C20H22N4O4. The number of amides is 1. The van der Waals surface area contributed by atoms with E-state index in [0.717, 1.165) is 0 Å². The first kappa shape index (κ1) is 20.7. The predicted octanol–water partition coefficient (Wildman–Crippen LogP) is 0.604. The Hall–Kier alpha value is -3.62. The van der Waals surface area contributed by atoms with Crippen LogP contribution in [0.1, 0.15) is 21.9 Å². The topological polar surface area (TPSA) is 97.6 Å². The van der Waals surface area contributed by atoms with Crippen molar-refractivity contribution >= 4 is 11.7 Å². The molecule has 1 aromatic carbocycles. The Bertz CT molecular complexity index is 948. The lowest BCUT2D eigenvalue weighted by molar-refractivity contribution is 0.0951. The van der Waals surface area contributed by atoms with E-state index in [1.807, 2.05) is 0 Å². The molecule has 0 fully saturated rings. The van der Waals surface area contributed by atoms with Crippen molar-refractivity contribution in [1.82, 2.24) is 14.9 Å². The number of methoxy groups -OCH3 is 2. The van der Waals surface area contributed by atoms with Crippen LogP contribution in [0.5, 0.6) is 11.5 Å². The minimum atomic E-state index is -0.382. The van der Waals surface area contributed by atoms with Crippen LogP contribution in [0.4, 0.5) is 5.82 Å². The van der Waals surface area contributed by atoms with Crippen LogP contribution in [0.2, 0.25) is 0 Å². The zero-order valence-corrected chi connectivity index (χ0v) is 16.0. The fourth-order valence-corrected chi connectivity index (χ4v) is 2.42. The van der Waals surface area contributed by atoms with Gasteiger partial charge in [-0.1, -0.05) is 11.8 Å². The second-order valence-electron chi connectivity index (χ2n) is 5.55. The number of nitrogens with one attached hydrogen (secondary N) is 2. The number of aromatic nitrogens is 2. The zero-order valence-electron chi connectivity index (χ0n) is 16.0. The van der Waals surface area contributed by atoms with E-state index in [4.69, 9.17) is 21.0 Å². The second kappa shape index (κ2) is 9.91. The highest BCUT2D eigenvalue weighted by molar-refractivity contribution is 5.97. The first-order valence-electron chi connectivity index (χ1n) is 8.42. The van der Waals surface area contributed by atoms with Gasteiger partial charge in [-0.2, -0.15) is 0 Å². The van der Waals surface area contributed by atoms with E-state index in [1.54, 1.807) is 44.0 Å². The number of benzene rings is 1. The molecule has 0 saturated carbocycles. The van der Waals surface area contributed by atoms with Crippen molar-refractivity contribution in [2.24, 2.45) is 7.05 Å². The van der Waals surface area contributed by atoms with Crippen LogP contribution >= 0.6 is 0 Å². The molecule has 0 radical (unpaired) electrons. The third kappa shape index (κ3) is 4.76. The van der Waals surface area contributed by atoms with Gasteiger partial charge in [0.15, 0.2) is 28.8 Å². The van der Waals surface area contributed by atoms with Gasteiger partial charge in [0.2, 0.25) is 0 Å². The van der Waals surface area contributed by atoms with Gasteiger partial charge in [-0.05, 0) is 24.1 Å². The highest BCUT2D eigenvalue weighted by Gasteiger charge is 2.20. The minimum absolute atomic E-state index is 0.0934. The molecule has 0 aliphatic heterocycles. The number of nitrogens with zero attached hydrogens (tertiary/aromatic N) is 2. The van der Waals surface area contributed by atoms with E-state index in [9.17, 15) is 4.79 Å². The number of imidazole rings is 1. The van der Waals surface area contributed by atoms with Crippen LogP contribution in [-0.4, -0.2) is 54.5 Å². The van der Waals surface area contributed by atoms with Gasteiger partial charge in [0.25, 0.3) is 5.91 Å². The molecular weight excluding hydrogens is 360 g/mol. The van der Waals surface area contributed by atoms with Crippen molar-refractivity contribution < 1.29 is 19.4 Å². The molecule has 1 amide bonds. The SMILES string of the molecule is C#CCNC(=O)c1c(NCCO)nc(C#Cc2ccc(OC)c(OC)c2)n1C. The lowest BCUT2D eigenvalue weighted by atomic mass is 10.2. The summed E-state index contributed by atoms with van der Waals surface area (Å²) in [6, 6.07) is 5.30. The number of hydrogen-bond acceptors (Lipinski definition) is 6. The van der Waals surface area contributed by atoms with E-state index in [-0.39, 0.29) is 31.3 Å². The summed E-state index contributed by atoms with van der Waals surface area (Å²) in [7, 11) is 4.79. The Morgan fingerprint density at radius 2 is 2.04 bits per heavy atom. The highest BCUT2D eigenvalue weighted by Crippen LogP contribution is 2.27. The van der Waals surface area contributed by atoms with Gasteiger partial charge in [-0.15, -0.1) is 6.42 Å². The molecule has 0 saturated heterocycles. The molecule has 0 aliphatic carbocycles. The second-order valence-corrected chi connectivity index (χ2v) is 5.55. The molecule has 0 atom stereocenters. The van der Waals surface area contributed by atoms with Crippen LogP contribution in [0, 0.1) is 24.2 Å². The first-order chi connectivity index (χ1) is 13.5. The predicted molar refractivity (Wildman–Crippen MR) is 105 cm³/mol. The normalized spacial score (nSPS) is 9.68. The van der Waals surface area contributed by atoms with Gasteiger partial charge < -0.3 is 29.8 Å². The number of carbonyl (C=O) groups is 1.